The molecule has 1 amide bonds. The summed E-state index contributed by atoms with van der Waals surface area (Å²) in [5.74, 6) is 1.19. The van der Waals surface area contributed by atoms with E-state index in [-0.39, 0.29) is 18.1 Å². The van der Waals surface area contributed by atoms with E-state index in [4.69, 9.17) is 15.7 Å². The fourth-order valence-corrected chi connectivity index (χ4v) is 4.80. The summed E-state index contributed by atoms with van der Waals surface area (Å²) in [6.07, 6.45) is 0.243. The summed E-state index contributed by atoms with van der Waals surface area (Å²) >= 11 is 2.82. The molecule has 0 unspecified atom stereocenters. The third-order valence-corrected chi connectivity index (χ3v) is 6.50. The number of thiophene rings is 1. The van der Waals surface area contributed by atoms with Crippen LogP contribution in [0, 0.1) is 25.2 Å². The number of hydrogen-bond donors (Lipinski definition) is 1. The molecule has 0 saturated carbocycles. The smallest absolute Gasteiger partial charge is 0.237 e. The van der Waals surface area contributed by atoms with Gasteiger partial charge >= 0.3 is 0 Å². The van der Waals surface area contributed by atoms with Crippen molar-refractivity contribution in [3.05, 3.63) is 34.7 Å². The van der Waals surface area contributed by atoms with Gasteiger partial charge in [0.15, 0.2) is 5.16 Å². The molecule has 2 aromatic heterocycles. The number of fused-ring (bicyclic) bond motifs is 1. The number of rotatable bonds is 8. The molecular weight excluding hydrogens is 418 g/mol. The van der Waals surface area contributed by atoms with E-state index in [0.29, 0.717) is 24.1 Å². The average molecular weight is 442 g/mol. The minimum atomic E-state index is -0.125. The average Bonchev–Trinajstić information content (AvgIpc) is 3.02. The second-order valence-electron chi connectivity index (χ2n) is 6.52. The third kappa shape index (κ3) is 4.83. The summed E-state index contributed by atoms with van der Waals surface area (Å²) < 4.78 is 5.46. The Kier molecular flexibility index (Phi) is 7.13. The van der Waals surface area contributed by atoms with Crippen LogP contribution < -0.4 is 15.4 Å². The number of nitrogen functional groups attached to an aromatic ring is 1. The van der Waals surface area contributed by atoms with Gasteiger partial charge in [0.2, 0.25) is 5.91 Å². The van der Waals surface area contributed by atoms with Crippen LogP contribution in [0.4, 0.5) is 11.5 Å². The zero-order valence-electron chi connectivity index (χ0n) is 17.1. The van der Waals surface area contributed by atoms with Crippen molar-refractivity contribution < 1.29 is 9.53 Å². The first-order valence-electron chi connectivity index (χ1n) is 9.50. The predicted octanol–water partition coefficient (Wildman–Crippen LogP) is 4.33. The van der Waals surface area contributed by atoms with Crippen LogP contribution in [0.3, 0.4) is 0 Å². The van der Waals surface area contributed by atoms with E-state index in [2.05, 4.69) is 16.0 Å². The Morgan fingerprint density at radius 3 is 2.70 bits per heavy atom. The first-order valence-corrected chi connectivity index (χ1v) is 11.3. The number of aryl methyl sites for hydroxylation is 2. The minimum Gasteiger partial charge on any atom is -0.494 e. The number of aromatic nitrogens is 2. The molecule has 0 saturated heterocycles. The molecule has 0 aliphatic heterocycles. The summed E-state index contributed by atoms with van der Waals surface area (Å²) in [5.41, 5.74) is 7.95. The van der Waals surface area contributed by atoms with Crippen molar-refractivity contribution in [2.24, 2.45) is 0 Å². The lowest BCUT2D eigenvalue weighted by Gasteiger charge is -2.22. The molecule has 0 bridgehead atoms. The molecule has 0 aliphatic rings. The lowest BCUT2D eigenvalue weighted by Crippen LogP contribution is -2.33. The lowest BCUT2D eigenvalue weighted by molar-refractivity contribution is -0.116. The van der Waals surface area contributed by atoms with Gasteiger partial charge in [0.25, 0.3) is 0 Å². The Bertz CT molecular complexity index is 1090. The van der Waals surface area contributed by atoms with Gasteiger partial charge < -0.3 is 15.4 Å². The zero-order chi connectivity index (χ0) is 21.7. The minimum absolute atomic E-state index is 0.125. The van der Waals surface area contributed by atoms with Crippen molar-refractivity contribution in [2.75, 3.05) is 29.5 Å². The molecule has 156 valence electrons. The number of amides is 1. The zero-order valence-corrected chi connectivity index (χ0v) is 18.8. The second-order valence-corrected chi connectivity index (χ2v) is 8.67. The highest BCUT2D eigenvalue weighted by molar-refractivity contribution is 7.99. The molecule has 0 fully saturated rings. The van der Waals surface area contributed by atoms with Crippen molar-refractivity contribution in [3.8, 4) is 11.8 Å². The molecule has 2 N–H and O–H groups in total. The van der Waals surface area contributed by atoms with Gasteiger partial charge in [-0.25, -0.2) is 9.97 Å². The topological polar surface area (TPSA) is 105 Å². The van der Waals surface area contributed by atoms with E-state index in [1.54, 1.807) is 16.2 Å². The second kappa shape index (κ2) is 9.78. The Morgan fingerprint density at radius 1 is 1.30 bits per heavy atom. The van der Waals surface area contributed by atoms with Crippen molar-refractivity contribution in [1.29, 1.82) is 5.26 Å². The Hall–Kier alpha value is -2.83. The Balaban J connectivity index is 1.75. The molecule has 0 spiro atoms. The van der Waals surface area contributed by atoms with Gasteiger partial charge in [0, 0.05) is 17.1 Å². The van der Waals surface area contributed by atoms with Gasteiger partial charge in [-0.05, 0) is 50.6 Å². The summed E-state index contributed by atoms with van der Waals surface area (Å²) in [6.45, 7) is 6.84. The lowest BCUT2D eigenvalue weighted by atomic mass is 10.2. The molecule has 3 aromatic rings. The van der Waals surface area contributed by atoms with Crippen LogP contribution in [-0.4, -0.2) is 34.8 Å². The summed E-state index contributed by atoms with van der Waals surface area (Å²) in [5, 5.41) is 10.3. The monoisotopic (exact) mass is 441 g/mol. The van der Waals surface area contributed by atoms with E-state index in [9.17, 15) is 4.79 Å². The fourth-order valence-electron chi connectivity index (χ4n) is 2.98. The maximum atomic E-state index is 12.9. The maximum absolute atomic E-state index is 12.9. The van der Waals surface area contributed by atoms with Crippen LogP contribution in [0.5, 0.6) is 5.75 Å². The van der Waals surface area contributed by atoms with Gasteiger partial charge in [0.05, 0.1) is 30.2 Å². The summed E-state index contributed by atoms with van der Waals surface area (Å²) in [7, 11) is 0. The number of thioether (sulfide) groups is 1. The van der Waals surface area contributed by atoms with E-state index < -0.39 is 0 Å². The number of nitriles is 1. The number of ether oxygens (including phenoxy) is 1. The number of carbonyl (C=O) groups is 1. The molecule has 30 heavy (non-hydrogen) atoms. The number of hydrogen-bond acceptors (Lipinski definition) is 8. The highest BCUT2D eigenvalue weighted by Crippen LogP contribution is 2.33. The molecular formula is C21H23N5O2S2. The number of anilines is 2. The molecule has 0 aliphatic carbocycles. The Labute approximate surface area is 183 Å². The number of nitrogens with two attached hydrogens (primary N) is 1. The number of benzene rings is 1. The fraction of sp³-hybridized carbons (Fsp3) is 0.333. The van der Waals surface area contributed by atoms with Gasteiger partial charge in [-0.2, -0.15) is 5.26 Å². The van der Waals surface area contributed by atoms with Gasteiger partial charge in [-0.15, -0.1) is 11.3 Å². The van der Waals surface area contributed by atoms with Crippen molar-refractivity contribution in [1.82, 2.24) is 9.97 Å². The van der Waals surface area contributed by atoms with E-state index in [1.165, 1.54) is 11.8 Å². The van der Waals surface area contributed by atoms with Crippen LogP contribution in [0.1, 0.15) is 23.8 Å². The van der Waals surface area contributed by atoms with Crippen LogP contribution in [-0.2, 0) is 4.79 Å². The SMILES string of the molecule is CCOc1ccc(N(CCC#N)C(=O)CSc2nc(N)c3c(C)c(C)sc3n2)cc1. The molecule has 0 radical (unpaired) electrons. The van der Waals surface area contributed by atoms with Crippen LogP contribution in [0.25, 0.3) is 10.2 Å². The molecule has 2 heterocycles. The first-order chi connectivity index (χ1) is 14.4. The third-order valence-electron chi connectivity index (χ3n) is 4.57. The highest BCUT2D eigenvalue weighted by Gasteiger charge is 2.18. The number of nitrogens with zero attached hydrogens (tertiary/aromatic N) is 4. The van der Waals surface area contributed by atoms with Gasteiger partial charge in [-0.3, -0.25) is 4.79 Å². The van der Waals surface area contributed by atoms with Crippen LogP contribution in [0.2, 0.25) is 0 Å². The maximum Gasteiger partial charge on any atom is 0.237 e. The summed E-state index contributed by atoms with van der Waals surface area (Å²) in [4.78, 5) is 25.5. The highest BCUT2D eigenvalue weighted by atomic mass is 32.2. The van der Waals surface area contributed by atoms with Crippen molar-refractivity contribution in [3.63, 3.8) is 0 Å². The molecule has 0 atom stereocenters. The molecule has 3 rings (SSSR count). The van der Waals surface area contributed by atoms with E-state index in [1.807, 2.05) is 45.0 Å². The standard InChI is InChI=1S/C21H23N5O2S2/c1-4-28-16-8-6-15(7-9-16)26(11-5-10-22)17(27)12-29-21-24-19(23)18-13(2)14(3)30-20(18)25-21/h6-9H,4-5,11-12H2,1-3H3,(H2,23,24,25). The normalized spacial score (nSPS) is 10.7. The number of carbonyl (C=O) groups excluding carboxylic acids is 1. The van der Waals surface area contributed by atoms with Gasteiger partial charge in [0.1, 0.15) is 16.4 Å². The van der Waals surface area contributed by atoms with E-state index in [0.717, 1.165) is 32.1 Å². The van der Waals surface area contributed by atoms with E-state index >= 15 is 0 Å². The van der Waals surface area contributed by atoms with Gasteiger partial charge in [-0.1, -0.05) is 11.8 Å². The molecule has 7 nitrogen and oxygen atoms in total. The molecule has 1 aromatic carbocycles. The first kappa shape index (κ1) is 21.9. The molecule has 9 heteroatoms. The largest absolute Gasteiger partial charge is 0.494 e. The van der Waals surface area contributed by atoms with Crippen LogP contribution in [0.15, 0.2) is 29.4 Å². The van der Waals surface area contributed by atoms with Crippen LogP contribution >= 0.6 is 23.1 Å². The predicted molar refractivity (Wildman–Crippen MR) is 122 cm³/mol. The van der Waals surface area contributed by atoms with Crippen molar-refractivity contribution >= 4 is 50.7 Å². The summed E-state index contributed by atoms with van der Waals surface area (Å²) in [6, 6.07) is 9.38. The van der Waals surface area contributed by atoms with Crippen molar-refractivity contribution in [2.45, 2.75) is 32.3 Å². The Morgan fingerprint density at radius 2 is 2.03 bits per heavy atom. The quantitative estimate of drug-likeness (QED) is 0.410.